The number of allylic oxidation sites excluding steroid dienone is 4. The molecule has 0 saturated carbocycles. The number of H-pyrrole nitrogens is 1. The normalized spacial score (nSPS) is 18.0. The minimum absolute atomic E-state index is 0.198. The largest absolute Gasteiger partial charge is 0.481 e. The third kappa shape index (κ3) is 9.28. The van der Waals surface area contributed by atoms with Crippen LogP contribution in [0.25, 0.3) is 10.9 Å². The highest BCUT2D eigenvalue weighted by molar-refractivity contribution is 5.91. The van der Waals surface area contributed by atoms with Gasteiger partial charge >= 0.3 is 5.97 Å². The number of fused-ring (bicyclic) bond motifs is 1. The highest BCUT2D eigenvalue weighted by atomic mass is 16.4. The molecule has 1 saturated heterocycles. The van der Waals surface area contributed by atoms with Crippen molar-refractivity contribution in [3.05, 3.63) is 59.8 Å². The average Bonchev–Trinajstić information content (AvgIpc) is 3.62. The van der Waals surface area contributed by atoms with Gasteiger partial charge in [-0.25, -0.2) is 0 Å². The van der Waals surface area contributed by atoms with Crippen LogP contribution >= 0.6 is 0 Å². The molecular weight excluding hydrogens is 444 g/mol. The number of rotatable bonds is 18. The summed E-state index contributed by atoms with van der Waals surface area (Å²) in [5.41, 5.74) is 1.40. The Morgan fingerprint density at radius 1 is 1.06 bits per heavy atom. The van der Waals surface area contributed by atoms with Gasteiger partial charge in [-0.05, 0) is 88.0 Å². The summed E-state index contributed by atoms with van der Waals surface area (Å²) in [6.45, 7) is 1.05. The van der Waals surface area contributed by atoms with Crippen molar-refractivity contribution in [1.82, 2.24) is 9.88 Å². The van der Waals surface area contributed by atoms with Gasteiger partial charge in [-0.15, -0.1) is 0 Å². The fourth-order valence-corrected chi connectivity index (χ4v) is 4.97. The van der Waals surface area contributed by atoms with E-state index in [-0.39, 0.29) is 5.56 Å². The Hall–Kier alpha value is -2.33. The quantitative estimate of drug-likeness (QED) is 0.161. The number of likely N-dealkylation sites (tertiary alicyclic amines) is 1. The smallest absolute Gasteiger partial charge is 0.310 e. The second-order valence-corrected chi connectivity index (χ2v) is 9.96. The summed E-state index contributed by atoms with van der Waals surface area (Å²) in [7, 11) is 0. The van der Waals surface area contributed by atoms with Crippen molar-refractivity contribution >= 4 is 16.9 Å². The molecule has 0 bridgehead atoms. The lowest BCUT2D eigenvalue weighted by atomic mass is 9.89. The molecule has 2 heterocycles. The molecule has 0 aliphatic carbocycles. The van der Waals surface area contributed by atoms with Crippen LogP contribution in [0.1, 0.15) is 113 Å². The molecule has 198 valence electrons. The van der Waals surface area contributed by atoms with E-state index in [0.717, 1.165) is 51.4 Å². The Labute approximate surface area is 224 Å². The summed E-state index contributed by atoms with van der Waals surface area (Å²) in [4.78, 5) is 17.1. The number of nitrogens with one attached hydrogen (secondary N) is 1. The Bertz CT molecular complexity index is 1120. The zero-order valence-corrected chi connectivity index (χ0v) is 22.1. The summed E-state index contributed by atoms with van der Waals surface area (Å²) in [6.07, 6.45) is 21.2. The summed E-state index contributed by atoms with van der Waals surface area (Å²) in [5, 5.41) is 10.7. The van der Waals surface area contributed by atoms with Crippen molar-refractivity contribution in [3.8, 4) is 0 Å². The number of benzene rings is 1. The maximum Gasteiger partial charge on any atom is 0.310 e. The molecule has 1 fully saturated rings. The molecule has 1 aliphatic heterocycles. The standard InChI is InChI=1S/C32H48N2O2/c1-2-3-4-5-6-7-8-9-10-11-12-13-14-15-19-29(32(35)36)28-20-18-21-30-31(28)27(26-33-30)22-25-34-23-16-17-24-34/h6-7,9-10,18,20-21,26,29,33H,2-5,8,11-17,19,22-25H2,1H3,(H,35,36)/b7-6-,10-9-/i22D2,25D2. The minimum atomic E-state index is -2.31. The number of aliphatic carboxylic acids is 1. The zero-order valence-electron chi connectivity index (χ0n) is 26.1. The highest BCUT2D eigenvalue weighted by Gasteiger charge is 2.23. The van der Waals surface area contributed by atoms with Crippen molar-refractivity contribution in [2.24, 2.45) is 0 Å². The lowest BCUT2D eigenvalue weighted by Gasteiger charge is -2.17. The van der Waals surface area contributed by atoms with Gasteiger partial charge in [0.15, 0.2) is 0 Å². The Kier molecular flexibility index (Phi) is 10.4. The van der Waals surface area contributed by atoms with E-state index in [4.69, 9.17) is 5.48 Å². The summed E-state index contributed by atoms with van der Waals surface area (Å²) in [5.74, 6) is -1.69. The summed E-state index contributed by atoms with van der Waals surface area (Å²) >= 11 is 0. The van der Waals surface area contributed by atoms with E-state index in [9.17, 15) is 9.90 Å². The first kappa shape index (κ1) is 22.8. The van der Waals surface area contributed by atoms with Gasteiger partial charge < -0.3 is 15.0 Å². The average molecular weight is 497 g/mol. The van der Waals surface area contributed by atoms with Crippen LogP contribution in [0.2, 0.25) is 0 Å². The summed E-state index contributed by atoms with van der Waals surface area (Å²) < 4.78 is 35.1. The lowest BCUT2D eigenvalue weighted by Crippen LogP contribution is -2.22. The van der Waals surface area contributed by atoms with Gasteiger partial charge in [0.05, 0.1) is 5.92 Å². The first-order valence-corrected chi connectivity index (χ1v) is 14.1. The van der Waals surface area contributed by atoms with E-state index in [1.54, 1.807) is 23.1 Å². The third-order valence-corrected chi connectivity index (χ3v) is 7.06. The Morgan fingerprint density at radius 3 is 2.50 bits per heavy atom. The van der Waals surface area contributed by atoms with Crippen molar-refractivity contribution in [2.75, 3.05) is 19.6 Å². The van der Waals surface area contributed by atoms with Crippen molar-refractivity contribution in [2.45, 2.75) is 103 Å². The SMILES string of the molecule is [2H]C([2H])(c1c[nH]c2cccc(C(CCCCCC/C=C\C/C=C\CCCCC)C(=O)O)c12)C([2H])([2H])N1CCCC1. The first-order valence-electron chi connectivity index (χ1n) is 16.1. The Morgan fingerprint density at radius 2 is 1.78 bits per heavy atom. The van der Waals surface area contributed by atoms with E-state index in [1.807, 2.05) is 0 Å². The number of carboxylic acid groups (broad SMARTS) is 1. The van der Waals surface area contributed by atoms with Gasteiger partial charge in [0, 0.05) is 29.1 Å². The molecule has 3 rings (SSSR count). The third-order valence-electron chi connectivity index (χ3n) is 7.06. The second-order valence-electron chi connectivity index (χ2n) is 9.96. The number of unbranched alkanes of at least 4 members (excludes halogenated alkanes) is 7. The van der Waals surface area contributed by atoms with E-state index in [0.29, 0.717) is 36.0 Å². The van der Waals surface area contributed by atoms with Crippen molar-refractivity contribution in [3.63, 3.8) is 0 Å². The fourth-order valence-electron chi connectivity index (χ4n) is 4.97. The van der Waals surface area contributed by atoms with Crippen LogP contribution in [0.4, 0.5) is 0 Å². The van der Waals surface area contributed by atoms with Gasteiger partial charge in [-0.1, -0.05) is 75.5 Å². The molecule has 1 aromatic heterocycles. The molecule has 36 heavy (non-hydrogen) atoms. The van der Waals surface area contributed by atoms with E-state index in [1.165, 1.54) is 31.9 Å². The second kappa shape index (κ2) is 16.4. The van der Waals surface area contributed by atoms with E-state index < -0.39 is 24.8 Å². The maximum atomic E-state index is 12.4. The Balaban J connectivity index is 1.58. The molecule has 0 radical (unpaired) electrons. The van der Waals surface area contributed by atoms with Gasteiger partial charge in [0.1, 0.15) is 0 Å². The molecule has 1 atom stereocenters. The van der Waals surface area contributed by atoms with Crippen LogP contribution in [-0.4, -0.2) is 40.5 Å². The number of aromatic amines is 1. The predicted molar refractivity (Wildman–Crippen MR) is 153 cm³/mol. The number of carboxylic acids is 1. The fraction of sp³-hybridized carbons (Fsp3) is 0.594. The van der Waals surface area contributed by atoms with Gasteiger partial charge in [0.2, 0.25) is 0 Å². The predicted octanol–water partition coefficient (Wildman–Crippen LogP) is 8.40. The van der Waals surface area contributed by atoms with Gasteiger partial charge in [-0.2, -0.15) is 0 Å². The molecule has 4 heteroatoms. The molecule has 1 aromatic carbocycles. The zero-order chi connectivity index (χ0) is 29.0. The van der Waals surface area contributed by atoms with E-state index in [2.05, 4.69) is 36.2 Å². The van der Waals surface area contributed by atoms with Crippen LogP contribution in [0.15, 0.2) is 48.7 Å². The molecule has 2 aromatic rings. The van der Waals surface area contributed by atoms with Gasteiger partial charge in [-0.3, -0.25) is 4.79 Å². The monoisotopic (exact) mass is 496 g/mol. The molecule has 0 amide bonds. The first-order chi connectivity index (χ1) is 19.2. The number of nitrogens with zero attached hydrogens (tertiary/aromatic N) is 1. The number of hydrogen-bond donors (Lipinski definition) is 2. The van der Waals surface area contributed by atoms with Crippen LogP contribution in [0, 0.1) is 0 Å². The number of hydrogen-bond acceptors (Lipinski definition) is 2. The van der Waals surface area contributed by atoms with Crippen molar-refractivity contribution in [1.29, 1.82) is 0 Å². The van der Waals surface area contributed by atoms with Gasteiger partial charge in [0.25, 0.3) is 0 Å². The van der Waals surface area contributed by atoms with Crippen LogP contribution in [-0.2, 0) is 11.2 Å². The minimum Gasteiger partial charge on any atom is -0.481 e. The number of carbonyl (C=O) groups is 1. The lowest BCUT2D eigenvalue weighted by molar-refractivity contribution is -0.139. The van der Waals surface area contributed by atoms with Crippen LogP contribution < -0.4 is 0 Å². The van der Waals surface area contributed by atoms with Crippen LogP contribution in [0.3, 0.4) is 0 Å². The molecular formula is C32H48N2O2. The summed E-state index contributed by atoms with van der Waals surface area (Å²) in [6, 6.07) is 5.37. The van der Waals surface area contributed by atoms with Crippen LogP contribution in [0.5, 0.6) is 0 Å². The molecule has 4 nitrogen and oxygen atoms in total. The molecule has 1 aliphatic rings. The maximum absolute atomic E-state index is 12.4. The highest BCUT2D eigenvalue weighted by Crippen LogP contribution is 2.32. The topological polar surface area (TPSA) is 56.3 Å². The van der Waals surface area contributed by atoms with Crippen molar-refractivity contribution < 1.29 is 15.4 Å². The number of aryl methyl sites for hydroxylation is 1. The molecule has 1 unspecified atom stereocenters. The van der Waals surface area contributed by atoms with E-state index >= 15 is 0 Å². The molecule has 2 N–H and O–H groups in total. The molecule has 0 spiro atoms. The number of aromatic nitrogens is 1.